The van der Waals surface area contributed by atoms with Crippen molar-refractivity contribution in [2.45, 2.75) is 38.4 Å². The number of nitrogens with one attached hydrogen (secondary N) is 1. The minimum atomic E-state index is 0. The third-order valence-corrected chi connectivity index (χ3v) is 6.15. The highest BCUT2D eigenvalue weighted by Crippen LogP contribution is 2.28. The zero-order valence-electron chi connectivity index (χ0n) is 19.8. The van der Waals surface area contributed by atoms with Gasteiger partial charge in [0.15, 0.2) is 11.5 Å². The lowest BCUT2D eigenvalue weighted by molar-refractivity contribution is 0.190. The molecule has 34 heavy (non-hydrogen) atoms. The van der Waals surface area contributed by atoms with Crippen molar-refractivity contribution in [1.29, 1.82) is 0 Å². The minimum absolute atomic E-state index is 0. The molecule has 0 aromatic heterocycles. The Kier molecular flexibility index (Phi) is 12.3. The van der Waals surface area contributed by atoms with Gasteiger partial charge in [0, 0.05) is 25.6 Å². The first kappa shape index (κ1) is 28.0. The molecular weight excluding hydrogens is 467 g/mol. The van der Waals surface area contributed by atoms with Crippen LogP contribution in [0.25, 0.3) is 0 Å². The predicted molar refractivity (Wildman–Crippen MR) is 145 cm³/mol. The van der Waals surface area contributed by atoms with Crippen molar-refractivity contribution in [3.63, 3.8) is 0 Å². The fourth-order valence-electron chi connectivity index (χ4n) is 4.26. The van der Waals surface area contributed by atoms with Crippen LogP contribution < -0.4 is 14.8 Å². The molecule has 3 aromatic carbocycles. The maximum absolute atomic E-state index is 5.99. The first-order valence-electron chi connectivity index (χ1n) is 11.6. The highest BCUT2D eigenvalue weighted by molar-refractivity contribution is 5.85. The van der Waals surface area contributed by atoms with E-state index in [1.807, 2.05) is 12.1 Å². The van der Waals surface area contributed by atoms with Gasteiger partial charge in [-0.2, -0.15) is 0 Å². The quantitative estimate of drug-likeness (QED) is 0.373. The van der Waals surface area contributed by atoms with Crippen molar-refractivity contribution in [2.24, 2.45) is 0 Å². The standard InChI is InChI=1S/C28H34N2O2.2ClH/c1-31-28-20-25(12-13-27(28)32-19-16-23-8-4-2-5-9-23)21-29-26-14-17-30(18-15-26)22-24-10-6-3-7-11-24;;/h2-13,20,26,29H,14-19,21-22H2,1H3;2*1H. The zero-order chi connectivity index (χ0) is 22.0. The highest BCUT2D eigenvalue weighted by atomic mass is 35.5. The lowest BCUT2D eigenvalue weighted by atomic mass is 10.0. The summed E-state index contributed by atoms with van der Waals surface area (Å²) in [5.74, 6) is 1.61. The Morgan fingerprint density at radius 3 is 2.09 bits per heavy atom. The van der Waals surface area contributed by atoms with Crippen LogP contribution in [0.5, 0.6) is 11.5 Å². The molecule has 3 aromatic rings. The number of benzene rings is 3. The van der Waals surface area contributed by atoms with Gasteiger partial charge in [-0.25, -0.2) is 0 Å². The second-order valence-electron chi connectivity index (χ2n) is 8.49. The maximum atomic E-state index is 5.99. The number of hydrogen-bond donors (Lipinski definition) is 1. The van der Waals surface area contributed by atoms with E-state index in [4.69, 9.17) is 9.47 Å². The number of methoxy groups -OCH3 is 1. The Labute approximate surface area is 216 Å². The average Bonchev–Trinajstić information content (AvgIpc) is 2.85. The van der Waals surface area contributed by atoms with Gasteiger partial charge in [-0.15, -0.1) is 24.8 Å². The van der Waals surface area contributed by atoms with Crippen molar-refractivity contribution in [1.82, 2.24) is 10.2 Å². The van der Waals surface area contributed by atoms with E-state index in [0.29, 0.717) is 12.6 Å². The largest absolute Gasteiger partial charge is 0.493 e. The number of piperidine rings is 1. The first-order valence-corrected chi connectivity index (χ1v) is 11.6. The van der Waals surface area contributed by atoms with Gasteiger partial charge in [0.2, 0.25) is 0 Å². The Bertz CT molecular complexity index is 949. The second-order valence-corrected chi connectivity index (χ2v) is 8.49. The van der Waals surface area contributed by atoms with E-state index < -0.39 is 0 Å². The molecule has 0 spiro atoms. The van der Waals surface area contributed by atoms with Crippen molar-refractivity contribution in [3.8, 4) is 11.5 Å². The summed E-state index contributed by atoms with van der Waals surface area (Å²) in [6.45, 7) is 4.83. The fourth-order valence-corrected chi connectivity index (χ4v) is 4.26. The first-order chi connectivity index (χ1) is 15.8. The summed E-state index contributed by atoms with van der Waals surface area (Å²) in [4.78, 5) is 2.55. The Morgan fingerprint density at radius 2 is 1.44 bits per heavy atom. The van der Waals surface area contributed by atoms with E-state index in [1.165, 1.54) is 29.5 Å². The summed E-state index contributed by atoms with van der Waals surface area (Å²) in [5.41, 5.74) is 3.91. The summed E-state index contributed by atoms with van der Waals surface area (Å²) >= 11 is 0. The minimum Gasteiger partial charge on any atom is -0.493 e. The van der Waals surface area contributed by atoms with Crippen LogP contribution in [0, 0.1) is 0 Å². The molecule has 0 atom stereocenters. The Balaban J connectivity index is 0.00000204. The molecule has 1 heterocycles. The fraction of sp³-hybridized carbons (Fsp3) is 0.357. The van der Waals surface area contributed by atoms with Crippen molar-refractivity contribution < 1.29 is 9.47 Å². The summed E-state index contributed by atoms with van der Waals surface area (Å²) in [5, 5.41) is 3.73. The van der Waals surface area contributed by atoms with Gasteiger partial charge in [-0.3, -0.25) is 4.90 Å². The lowest BCUT2D eigenvalue weighted by Crippen LogP contribution is -2.41. The third-order valence-electron chi connectivity index (χ3n) is 6.15. The number of hydrogen-bond acceptors (Lipinski definition) is 4. The smallest absolute Gasteiger partial charge is 0.161 e. The molecule has 0 amide bonds. The average molecular weight is 504 g/mol. The molecule has 4 nitrogen and oxygen atoms in total. The number of nitrogens with zero attached hydrogens (tertiary/aromatic N) is 1. The molecule has 0 bridgehead atoms. The van der Waals surface area contributed by atoms with Gasteiger partial charge in [-0.1, -0.05) is 66.7 Å². The van der Waals surface area contributed by atoms with E-state index >= 15 is 0 Å². The molecule has 4 rings (SSSR count). The van der Waals surface area contributed by atoms with Crippen LogP contribution in [0.3, 0.4) is 0 Å². The molecule has 0 aliphatic carbocycles. The molecule has 0 radical (unpaired) electrons. The van der Waals surface area contributed by atoms with E-state index in [1.54, 1.807) is 7.11 Å². The van der Waals surface area contributed by atoms with Crippen LogP contribution in [0.2, 0.25) is 0 Å². The van der Waals surface area contributed by atoms with Crippen molar-refractivity contribution in [2.75, 3.05) is 26.8 Å². The molecule has 1 aliphatic heterocycles. The maximum Gasteiger partial charge on any atom is 0.161 e. The molecule has 1 fully saturated rings. The molecule has 1 N–H and O–H groups in total. The molecular formula is C28H36Cl2N2O2. The second kappa shape index (κ2) is 14.9. The van der Waals surface area contributed by atoms with Crippen LogP contribution in [-0.4, -0.2) is 37.7 Å². The van der Waals surface area contributed by atoms with E-state index in [-0.39, 0.29) is 24.8 Å². The van der Waals surface area contributed by atoms with Crippen LogP contribution in [0.15, 0.2) is 78.9 Å². The summed E-state index contributed by atoms with van der Waals surface area (Å²) in [6.07, 6.45) is 3.26. The Morgan fingerprint density at radius 1 is 0.794 bits per heavy atom. The van der Waals surface area contributed by atoms with E-state index in [2.05, 4.69) is 76.9 Å². The van der Waals surface area contributed by atoms with Crippen LogP contribution in [-0.2, 0) is 19.5 Å². The van der Waals surface area contributed by atoms with Gasteiger partial charge in [0.25, 0.3) is 0 Å². The van der Waals surface area contributed by atoms with Gasteiger partial charge in [-0.05, 0) is 54.8 Å². The molecule has 0 unspecified atom stereocenters. The Hall–Kier alpha value is -2.24. The lowest BCUT2D eigenvalue weighted by Gasteiger charge is -2.32. The van der Waals surface area contributed by atoms with Crippen molar-refractivity contribution in [3.05, 3.63) is 95.6 Å². The molecule has 184 valence electrons. The number of rotatable bonds is 10. The van der Waals surface area contributed by atoms with Crippen LogP contribution >= 0.6 is 24.8 Å². The van der Waals surface area contributed by atoms with E-state index in [0.717, 1.165) is 44.1 Å². The molecule has 1 aliphatic rings. The number of likely N-dealkylation sites (tertiary alicyclic amines) is 1. The van der Waals surface area contributed by atoms with Crippen molar-refractivity contribution >= 4 is 24.8 Å². The SMILES string of the molecule is COc1cc(CNC2CCN(Cc3ccccc3)CC2)ccc1OCCc1ccccc1.Cl.Cl. The normalized spacial score (nSPS) is 14.0. The molecule has 6 heteroatoms. The number of ether oxygens (including phenoxy) is 2. The summed E-state index contributed by atoms with van der Waals surface area (Å²) in [7, 11) is 1.71. The predicted octanol–water partition coefficient (Wildman–Crippen LogP) is 5.91. The topological polar surface area (TPSA) is 33.7 Å². The van der Waals surface area contributed by atoms with Crippen LogP contribution in [0.1, 0.15) is 29.5 Å². The summed E-state index contributed by atoms with van der Waals surface area (Å²) in [6, 6.07) is 28.0. The number of halogens is 2. The third kappa shape index (κ3) is 8.52. The van der Waals surface area contributed by atoms with Gasteiger partial charge in [0.1, 0.15) is 0 Å². The highest BCUT2D eigenvalue weighted by Gasteiger charge is 2.19. The zero-order valence-corrected chi connectivity index (χ0v) is 21.5. The molecule has 0 saturated carbocycles. The van der Waals surface area contributed by atoms with Crippen LogP contribution in [0.4, 0.5) is 0 Å². The van der Waals surface area contributed by atoms with E-state index in [9.17, 15) is 0 Å². The monoisotopic (exact) mass is 502 g/mol. The van der Waals surface area contributed by atoms with Gasteiger partial charge in [0.05, 0.1) is 13.7 Å². The molecule has 1 saturated heterocycles. The van der Waals surface area contributed by atoms with Gasteiger partial charge < -0.3 is 14.8 Å². The summed E-state index contributed by atoms with van der Waals surface area (Å²) < 4.78 is 11.6. The van der Waals surface area contributed by atoms with Gasteiger partial charge >= 0.3 is 0 Å².